The average molecular weight is 259 g/mol. The molecule has 1 rings (SSSR count). The van der Waals surface area contributed by atoms with E-state index in [9.17, 15) is 23.6 Å². The van der Waals surface area contributed by atoms with Crippen LogP contribution >= 0.6 is 0 Å². The zero-order valence-corrected chi connectivity index (χ0v) is 10.2. The molecule has 94 valence electrons. The van der Waals surface area contributed by atoms with Crippen molar-refractivity contribution in [2.24, 2.45) is 0 Å². The third-order valence-corrected chi connectivity index (χ3v) is 4.15. The van der Waals surface area contributed by atoms with Gasteiger partial charge in [-0.1, -0.05) is 12.1 Å². The van der Waals surface area contributed by atoms with Crippen molar-refractivity contribution in [1.29, 1.82) is 0 Å². The van der Waals surface area contributed by atoms with Crippen LogP contribution in [0.15, 0.2) is 24.3 Å². The van der Waals surface area contributed by atoms with Gasteiger partial charge in [0.15, 0.2) is 9.84 Å². The zero-order valence-electron chi connectivity index (χ0n) is 9.40. The number of sulfone groups is 1. The molecule has 0 aliphatic carbocycles. The highest BCUT2D eigenvalue weighted by atomic mass is 32.2. The number of aliphatic hydroxyl groups excluding tert-OH is 1. The molecule has 0 saturated heterocycles. The quantitative estimate of drug-likeness (QED) is 0.644. The Kier molecular flexibility index (Phi) is 3.84. The number of nitrogens with zero attached hydrogens (tertiary/aromatic N) is 1. The zero-order chi connectivity index (χ0) is 13.2. The monoisotopic (exact) mass is 259 g/mol. The smallest absolute Gasteiger partial charge is 0.269 e. The predicted octanol–water partition coefficient (Wildman–Crippen LogP) is 1.06. The van der Waals surface area contributed by atoms with Gasteiger partial charge in [-0.25, -0.2) is 8.42 Å². The third-order valence-electron chi connectivity index (χ3n) is 2.54. The van der Waals surface area contributed by atoms with E-state index in [1.807, 2.05) is 0 Å². The summed E-state index contributed by atoms with van der Waals surface area (Å²) in [5.41, 5.74) is 0.0411. The van der Waals surface area contributed by atoms with Gasteiger partial charge in [0.2, 0.25) is 0 Å². The van der Waals surface area contributed by atoms with E-state index < -0.39 is 26.1 Å². The summed E-state index contributed by atoms with van der Waals surface area (Å²) in [6.45, 7) is 1.36. The van der Waals surface area contributed by atoms with Crippen LogP contribution in [0.25, 0.3) is 0 Å². The summed E-state index contributed by atoms with van der Waals surface area (Å²) in [5.74, 6) is 0. The van der Waals surface area contributed by atoms with Crippen molar-refractivity contribution >= 4 is 15.5 Å². The minimum Gasteiger partial charge on any atom is -0.387 e. The van der Waals surface area contributed by atoms with Crippen molar-refractivity contribution < 1.29 is 18.4 Å². The van der Waals surface area contributed by atoms with Crippen molar-refractivity contribution in [2.45, 2.75) is 18.3 Å². The topological polar surface area (TPSA) is 97.5 Å². The van der Waals surface area contributed by atoms with Gasteiger partial charge in [0.1, 0.15) is 0 Å². The largest absolute Gasteiger partial charge is 0.387 e. The van der Waals surface area contributed by atoms with Crippen LogP contribution in [0.1, 0.15) is 18.6 Å². The highest BCUT2D eigenvalue weighted by molar-refractivity contribution is 7.91. The maximum atomic E-state index is 11.3. The molecule has 2 atom stereocenters. The van der Waals surface area contributed by atoms with Crippen LogP contribution in [0, 0.1) is 10.1 Å². The summed E-state index contributed by atoms with van der Waals surface area (Å²) in [4.78, 5) is 9.95. The van der Waals surface area contributed by atoms with Gasteiger partial charge in [-0.05, 0) is 12.5 Å². The van der Waals surface area contributed by atoms with E-state index in [0.29, 0.717) is 0 Å². The van der Waals surface area contributed by atoms with Crippen molar-refractivity contribution in [3.8, 4) is 0 Å². The Morgan fingerprint density at radius 1 is 1.41 bits per heavy atom. The summed E-state index contributed by atoms with van der Waals surface area (Å²) >= 11 is 0. The van der Waals surface area contributed by atoms with Crippen LogP contribution < -0.4 is 0 Å². The van der Waals surface area contributed by atoms with Crippen LogP contribution in [0.4, 0.5) is 5.69 Å². The van der Waals surface area contributed by atoms with Crippen LogP contribution in [-0.4, -0.2) is 30.0 Å². The van der Waals surface area contributed by atoms with E-state index in [-0.39, 0.29) is 11.3 Å². The van der Waals surface area contributed by atoms with Crippen molar-refractivity contribution in [2.75, 3.05) is 6.26 Å². The fraction of sp³-hybridized carbons (Fsp3) is 0.400. The summed E-state index contributed by atoms with van der Waals surface area (Å²) in [7, 11) is -3.40. The molecule has 1 N–H and O–H groups in total. The van der Waals surface area contributed by atoms with Crippen molar-refractivity contribution in [3.05, 3.63) is 39.9 Å². The molecule has 0 spiro atoms. The normalized spacial score (nSPS) is 15.2. The number of hydrogen-bond acceptors (Lipinski definition) is 5. The maximum absolute atomic E-state index is 11.3. The second kappa shape index (κ2) is 4.80. The molecule has 1 aromatic rings. The van der Waals surface area contributed by atoms with E-state index in [1.165, 1.54) is 31.2 Å². The van der Waals surface area contributed by atoms with Gasteiger partial charge in [0.05, 0.1) is 16.3 Å². The van der Waals surface area contributed by atoms with Gasteiger partial charge in [-0.3, -0.25) is 10.1 Å². The number of nitro benzene ring substituents is 1. The molecule has 17 heavy (non-hydrogen) atoms. The number of nitro groups is 1. The molecule has 6 nitrogen and oxygen atoms in total. The lowest BCUT2D eigenvalue weighted by Crippen LogP contribution is -2.24. The lowest BCUT2D eigenvalue weighted by molar-refractivity contribution is -0.385. The number of rotatable bonds is 4. The lowest BCUT2D eigenvalue weighted by Gasteiger charge is -2.17. The van der Waals surface area contributed by atoms with E-state index in [0.717, 1.165) is 6.26 Å². The SMILES string of the molecule is C[C@H]([C@H](O)c1cccc([N+](=O)[O-])c1)S(C)(=O)=O. The Morgan fingerprint density at radius 3 is 2.47 bits per heavy atom. The molecule has 0 heterocycles. The van der Waals surface area contributed by atoms with Gasteiger partial charge < -0.3 is 5.11 Å². The Hall–Kier alpha value is -1.47. The Balaban J connectivity index is 3.09. The molecule has 1 aromatic carbocycles. The van der Waals surface area contributed by atoms with Crippen LogP contribution in [0.5, 0.6) is 0 Å². The van der Waals surface area contributed by atoms with Gasteiger partial charge in [-0.2, -0.15) is 0 Å². The maximum Gasteiger partial charge on any atom is 0.269 e. The Labute approximate surface area is 99.0 Å². The first-order valence-electron chi connectivity index (χ1n) is 4.84. The molecule has 7 heteroatoms. The molecule has 0 bridgehead atoms. The predicted molar refractivity (Wildman–Crippen MR) is 62.4 cm³/mol. The molecule has 0 saturated carbocycles. The van der Waals surface area contributed by atoms with E-state index in [4.69, 9.17) is 0 Å². The van der Waals surface area contributed by atoms with Crippen molar-refractivity contribution in [3.63, 3.8) is 0 Å². The van der Waals surface area contributed by atoms with E-state index in [1.54, 1.807) is 0 Å². The molecular formula is C10H13NO5S. The molecule has 0 fully saturated rings. The van der Waals surface area contributed by atoms with Gasteiger partial charge >= 0.3 is 0 Å². The van der Waals surface area contributed by atoms with Gasteiger partial charge in [0, 0.05) is 18.4 Å². The number of non-ortho nitro benzene ring substituents is 1. The first-order chi connectivity index (χ1) is 7.73. The van der Waals surface area contributed by atoms with Crippen molar-refractivity contribution in [1.82, 2.24) is 0 Å². The molecule has 0 unspecified atom stereocenters. The van der Waals surface area contributed by atoms with Crippen LogP contribution in [-0.2, 0) is 9.84 Å². The summed E-state index contributed by atoms with van der Waals surface area (Å²) in [6, 6.07) is 5.32. The minimum absolute atomic E-state index is 0.178. The highest BCUT2D eigenvalue weighted by Crippen LogP contribution is 2.24. The van der Waals surface area contributed by atoms with E-state index >= 15 is 0 Å². The lowest BCUT2D eigenvalue weighted by atomic mass is 10.1. The first-order valence-corrected chi connectivity index (χ1v) is 6.80. The van der Waals surface area contributed by atoms with E-state index in [2.05, 4.69) is 0 Å². The fourth-order valence-electron chi connectivity index (χ4n) is 1.33. The molecule has 0 amide bonds. The highest BCUT2D eigenvalue weighted by Gasteiger charge is 2.26. The number of hydrogen-bond donors (Lipinski definition) is 1. The van der Waals surface area contributed by atoms with Crippen LogP contribution in [0.2, 0.25) is 0 Å². The summed E-state index contributed by atoms with van der Waals surface area (Å²) in [6.07, 6.45) is -0.261. The molecule has 0 aromatic heterocycles. The van der Waals surface area contributed by atoms with Gasteiger partial charge in [-0.15, -0.1) is 0 Å². The molecular weight excluding hydrogens is 246 g/mol. The average Bonchev–Trinajstić information content (AvgIpc) is 2.26. The van der Waals surface area contributed by atoms with Crippen LogP contribution in [0.3, 0.4) is 0 Å². The second-order valence-corrected chi connectivity index (χ2v) is 6.23. The second-order valence-electron chi connectivity index (χ2n) is 3.83. The Bertz CT molecular complexity index is 525. The number of benzene rings is 1. The van der Waals surface area contributed by atoms with Gasteiger partial charge in [0.25, 0.3) is 5.69 Å². The Morgan fingerprint density at radius 2 is 2.00 bits per heavy atom. The molecule has 0 radical (unpaired) electrons. The standard InChI is InChI=1S/C10H13NO5S/c1-7(17(2,15)16)10(12)8-4-3-5-9(6-8)11(13)14/h3-7,10,12H,1-2H3/t7-,10+/m1/s1. The molecule has 0 aliphatic heterocycles. The molecule has 0 aliphatic rings. The summed E-state index contributed by atoms with van der Waals surface area (Å²) < 4.78 is 22.5. The number of aliphatic hydroxyl groups is 1. The first kappa shape index (κ1) is 13.6. The third kappa shape index (κ3) is 3.24. The fourth-order valence-corrected chi connectivity index (χ4v) is 1.95. The summed E-state index contributed by atoms with van der Waals surface area (Å²) in [5, 5.41) is 19.4. The minimum atomic E-state index is -3.40.